The van der Waals surface area contributed by atoms with Crippen LogP contribution < -0.4 is 13.9 Å². The monoisotopic (exact) mass is 386 g/mol. The van der Waals surface area contributed by atoms with Gasteiger partial charge in [-0.2, -0.15) is 0 Å². The van der Waals surface area contributed by atoms with Crippen LogP contribution in [-0.4, -0.2) is 28.8 Å². The van der Waals surface area contributed by atoms with Crippen LogP contribution in [0.1, 0.15) is 36.7 Å². The summed E-state index contributed by atoms with van der Waals surface area (Å²) in [4.78, 5) is 11.8. The van der Waals surface area contributed by atoms with Gasteiger partial charge in [0.15, 0.2) is 0 Å². The van der Waals surface area contributed by atoms with Gasteiger partial charge in [-0.25, -0.2) is 0 Å². The van der Waals surface area contributed by atoms with Gasteiger partial charge >= 0.3 is 0 Å². The molecule has 2 aromatic rings. The van der Waals surface area contributed by atoms with Crippen LogP contribution in [0.2, 0.25) is 18.1 Å². The maximum atomic E-state index is 11.8. The molecule has 0 unspecified atom stereocenters. The fraction of sp³-hybridized carbons (Fsp3) is 0.409. The lowest BCUT2D eigenvalue weighted by atomic mass is 9.97. The molecule has 0 amide bonds. The molecule has 0 heterocycles. The van der Waals surface area contributed by atoms with E-state index in [2.05, 4.69) is 40.4 Å². The standard InChI is InChI=1S/C22H30O4Si/c1-9-10-17-15(14-23)11-18-19(12-16(24-5)13-20(18)25-6)21(17)26-27(7,8)22(2,3)4/h9,11-14H,1,10H2,2-8H3. The van der Waals surface area contributed by atoms with Crippen molar-refractivity contribution in [1.82, 2.24) is 0 Å². The van der Waals surface area contributed by atoms with E-state index in [0.717, 1.165) is 28.4 Å². The van der Waals surface area contributed by atoms with E-state index in [0.29, 0.717) is 23.5 Å². The average Bonchev–Trinajstić information content (AvgIpc) is 2.61. The highest BCUT2D eigenvalue weighted by atomic mass is 28.4. The SMILES string of the molecule is C=CCc1c(C=O)cc2c(OC)cc(OC)cc2c1O[Si](C)(C)C(C)(C)C. The summed E-state index contributed by atoms with van der Waals surface area (Å²) in [5, 5.41) is 1.74. The summed E-state index contributed by atoms with van der Waals surface area (Å²) >= 11 is 0. The molecule has 0 aliphatic rings. The van der Waals surface area contributed by atoms with E-state index in [9.17, 15) is 4.79 Å². The highest BCUT2D eigenvalue weighted by molar-refractivity contribution is 6.74. The molecule has 0 saturated heterocycles. The Morgan fingerprint density at radius 1 is 1.07 bits per heavy atom. The second-order valence-electron chi connectivity index (χ2n) is 8.17. The molecule has 4 nitrogen and oxygen atoms in total. The van der Waals surface area contributed by atoms with Crippen LogP contribution in [0.4, 0.5) is 0 Å². The molecular formula is C22H30O4Si. The number of fused-ring (bicyclic) bond motifs is 1. The lowest BCUT2D eigenvalue weighted by Gasteiger charge is -2.37. The van der Waals surface area contributed by atoms with Crippen molar-refractivity contribution >= 4 is 25.4 Å². The van der Waals surface area contributed by atoms with Gasteiger partial charge in [-0.15, -0.1) is 6.58 Å². The zero-order valence-electron chi connectivity index (χ0n) is 17.4. The molecule has 0 atom stereocenters. The smallest absolute Gasteiger partial charge is 0.250 e. The van der Waals surface area contributed by atoms with E-state index in [4.69, 9.17) is 13.9 Å². The van der Waals surface area contributed by atoms with Crippen molar-refractivity contribution in [3.8, 4) is 17.2 Å². The molecule has 0 spiro atoms. The van der Waals surface area contributed by atoms with Crippen LogP contribution in [0.25, 0.3) is 10.8 Å². The number of ether oxygens (including phenoxy) is 2. The van der Waals surface area contributed by atoms with Crippen LogP contribution in [0, 0.1) is 0 Å². The van der Waals surface area contributed by atoms with Crippen molar-refractivity contribution in [2.75, 3.05) is 14.2 Å². The maximum absolute atomic E-state index is 11.8. The van der Waals surface area contributed by atoms with E-state index in [-0.39, 0.29) is 5.04 Å². The molecule has 5 heteroatoms. The van der Waals surface area contributed by atoms with Crippen LogP contribution >= 0.6 is 0 Å². The van der Waals surface area contributed by atoms with Gasteiger partial charge in [-0.3, -0.25) is 4.79 Å². The molecule has 2 rings (SSSR count). The lowest BCUT2D eigenvalue weighted by Crippen LogP contribution is -2.44. The lowest BCUT2D eigenvalue weighted by molar-refractivity contribution is 0.112. The van der Waals surface area contributed by atoms with E-state index in [1.807, 2.05) is 18.2 Å². The summed E-state index contributed by atoms with van der Waals surface area (Å²) in [6.45, 7) is 14.8. The number of methoxy groups -OCH3 is 2. The largest absolute Gasteiger partial charge is 0.543 e. The zero-order valence-corrected chi connectivity index (χ0v) is 18.4. The minimum Gasteiger partial charge on any atom is -0.543 e. The number of allylic oxidation sites excluding steroid dienone is 1. The molecule has 0 aliphatic carbocycles. The summed E-state index contributed by atoms with van der Waals surface area (Å²) in [5.74, 6) is 2.07. The van der Waals surface area contributed by atoms with Gasteiger partial charge in [-0.05, 0) is 36.7 Å². The minimum absolute atomic E-state index is 0.0188. The van der Waals surface area contributed by atoms with Crippen LogP contribution in [0.5, 0.6) is 17.2 Å². The second-order valence-corrected chi connectivity index (χ2v) is 12.9. The number of carbonyl (C=O) groups excluding carboxylic acids is 1. The highest BCUT2D eigenvalue weighted by Crippen LogP contribution is 2.44. The Balaban J connectivity index is 2.92. The van der Waals surface area contributed by atoms with Crippen LogP contribution in [0.15, 0.2) is 30.9 Å². The highest BCUT2D eigenvalue weighted by Gasteiger charge is 2.40. The third kappa shape index (κ3) is 4.03. The molecule has 0 N–H and O–H groups in total. The minimum atomic E-state index is -2.15. The van der Waals surface area contributed by atoms with Gasteiger partial charge in [-0.1, -0.05) is 26.8 Å². The fourth-order valence-electron chi connectivity index (χ4n) is 2.75. The normalized spacial score (nSPS) is 12.0. The first-order chi connectivity index (χ1) is 12.6. The Morgan fingerprint density at radius 2 is 1.74 bits per heavy atom. The number of hydrogen-bond acceptors (Lipinski definition) is 4. The molecule has 0 aromatic heterocycles. The Labute approximate surface area is 163 Å². The Morgan fingerprint density at radius 3 is 2.22 bits per heavy atom. The maximum Gasteiger partial charge on any atom is 0.250 e. The second kappa shape index (κ2) is 7.77. The summed E-state index contributed by atoms with van der Waals surface area (Å²) in [6.07, 6.45) is 3.22. The van der Waals surface area contributed by atoms with Gasteiger partial charge in [0.2, 0.25) is 0 Å². The molecule has 0 saturated carbocycles. The summed E-state index contributed by atoms with van der Waals surface area (Å²) < 4.78 is 17.7. The number of hydrogen-bond donors (Lipinski definition) is 0. The van der Waals surface area contributed by atoms with E-state index in [1.165, 1.54) is 0 Å². The Bertz CT molecular complexity index is 863. The third-order valence-corrected chi connectivity index (χ3v) is 9.70. The van der Waals surface area contributed by atoms with E-state index in [1.54, 1.807) is 20.3 Å². The predicted molar refractivity (Wildman–Crippen MR) is 114 cm³/mol. The third-order valence-electron chi connectivity index (χ3n) is 5.38. The molecule has 0 radical (unpaired) electrons. The Kier molecular flexibility index (Phi) is 6.05. The number of benzene rings is 2. The zero-order chi connectivity index (χ0) is 20.4. The summed E-state index contributed by atoms with van der Waals surface area (Å²) in [5.41, 5.74) is 1.45. The van der Waals surface area contributed by atoms with E-state index >= 15 is 0 Å². The molecule has 146 valence electrons. The topological polar surface area (TPSA) is 44.8 Å². The van der Waals surface area contributed by atoms with Gasteiger partial charge in [0, 0.05) is 28.0 Å². The van der Waals surface area contributed by atoms with Gasteiger partial charge in [0.05, 0.1) is 14.2 Å². The first-order valence-corrected chi connectivity index (χ1v) is 12.0. The molecule has 0 aliphatic heterocycles. The number of aldehydes is 1. The van der Waals surface area contributed by atoms with Crippen molar-refractivity contribution in [2.24, 2.45) is 0 Å². The van der Waals surface area contributed by atoms with Gasteiger partial charge < -0.3 is 13.9 Å². The number of rotatable bonds is 7. The molecule has 2 aromatic carbocycles. The van der Waals surface area contributed by atoms with E-state index < -0.39 is 8.32 Å². The van der Waals surface area contributed by atoms with Crippen LogP contribution in [0.3, 0.4) is 0 Å². The van der Waals surface area contributed by atoms with Crippen LogP contribution in [-0.2, 0) is 6.42 Å². The number of carbonyl (C=O) groups is 1. The van der Waals surface area contributed by atoms with Gasteiger partial charge in [0.1, 0.15) is 23.5 Å². The van der Waals surface area contributed by atoms with Crippen molar-refractivity contribution in [3.05, 3.63) is 42.0 Å². The summed E-state index contributed by atoms with van der Waals surface area (Å²) in [7, 11) is 1.09. The molecular weight excluding hydrogens is 356 g/mol. The molecule has 0 fully saturated rings. The summed E-state index contributed by atoms with van der Waals surface area (Å²) in [6, 6.07) is 5.62. The van der Waals surface area contributed by atoms with Crippen molar-refractivity contribution in [3.63, 3.8) is 0 Å². The average molecular weight is 387 g/mol. The first-order valence-electron chi connectivity index (χ1n) is 9.06. The molecule has 0 bridgehead atoms. The quantitative estimate of drug-likeness (QED) is 0.344. The van der Waals surface area contributed by atoms with Crippen molar-refractivity contribution in [1.29, 1.82) is 0 Å². The molecule has 27 heavy (non-hydrogen) atoms. The van der Waals surface area contributed by atoms with Gasteiger partial charge in [0.25, 0.3) is 8.32 Å². The predicted octanol–water partition coefficient (Wildman–Crippen LogP) is 5.78. The first kappa shape index (κ1) is 21.0. The van der Waals surface area contributed by atoms with Crippen molar-refractivity contribution in [2.45, 2.75) is 45.3 Å². The fourth-order valence-corrected chi connectivity index (χ4v) is 3.80. The van der Waals surface area contributed by atoms with Crippen molar-refractivity contribution < 1.29 is 18.7 Å². The Hall–Kier alpha value is -2.27.